The van der Waals surface area contributed by atoms with Gasteiger partial charge in [0.1, 0.15) is 0 Å². The van der Waals surface area contributed by atoms with Crippen LogP contribution in [0.4, 0.5) is 5.69 Å². The monoisotopic (exact) mass is 809 g/mol. The van der Waals surface area contributed by atoms with Gasteiger partial charge in [-0.1, -0.05) is 140 Å². The largest absolute Gasteiger partial charge is 4.00 e. The predicted molar refractivity (Wildman–Crippen MR) is 208 cm³/mol. The van der Waals surface area contributed by atoms with E-state index in [4.69, 9.17) is 10.3 Å². The maximum absolute atomic E-state index is 5.56. The van der Waals surface area contributed by atoms with Gasteiger partial charge in [0.2, 0.25) is 0 Å². The molecule has 1 atom stereocenters. The van der Waals surface area contributed by atoms with Gasteiger partial charge in [0.25, 0.3) is 0 Å². The normalized spacial score (nSPS) is 10.9. The third-order valence-corrected chi connectivity index (χ3v) is 7.28. The van der Waals surface area contributed by atoms with E-state index in [1.165, 1.54) is 38.6 Å². The Bertz CT molecular complexity index is 1590. The van der Waals surface area contributed by atoms with Crippen LogP contribution in [0.3, 0.4) is 0 Å². The molecule has 0 saturated carbocycles. The molecule has 4 aromatic carbocycles. The zero-order valence-electron chi connectivity index (χ0n) is 31.2. The predicted octanol–water partition coefficient (Wildman–Crippen LogP) is 12.4. The van der Waals surface area contributed by atoms with Gasteiger partial charge < -0.3 is 21.3 Å². The summed E-state index contributed by atoms with van der Waals surface area (Å²) in [6.45, 7) is 13.3. The molecule has 0 radical (unpaired) electrons. The zero-order chi connectivity index (χ0) is 34.9. The summed E-state index contributed by atoms with van der Waals surface area (Å²) in [5.41, 5.74) is 10.4. The van der Waals surface area contributed by atoms with Gasteiger partial charge in [0.15, 0.2) is 0 Å². The Kier molecular flexibility index (Phi) is 20.1. The molecule has 0 amide bonds. The van der Waals surface area contributed by atoms with Gasteiger partial charge in [0.05, 0.1) is 5.69 Å². The van der Waals surface area contributed by atoms with Gasteiger partial charge in [-0.15, -0.1) is 5.69 Å². The fraction of sp³-hybridized carbons (Fsp3) is 0.357. The van der Waals surface area contributed by atoms with Crippen molar-refractivity contribution in [2.24, 2.45) is 0 Å². The van der Waals surface area contributed by atoms with Crippen molar-refractivity contribution in [1.82, 2.24) is 4.98 Å². The molecule has 0 fully saturated rings. The average Bonchev–Trinajstić information content (AvgIpc) is 3.04. The van der Waals surface area contributed by atoms with Crippen molar-refractivity contribution in [2.75, 3.05) is 42.3 Å². The molecule has 5 rings (SSSR count). The van der Waals surface area contributed by atoms with Crippen molar-refractivity contribution < 1.29 is 25.8 Å². The minimum Gasteiger partial charge on any atom is -0.673 e. The molecular formula is C42H55HfN5. The van der Waals surface area contributed by atoms with Crippen LogP contribution >= 0.6 is 0 Å². The Labute approximate surface area is 310 Å². The summed E-state index contributed by atoms with van der Waals surface area (Å²) in [7, 11) is 10.5. The summed E-state index contributed by atoms with van der Waals surface area (Å²) in [4.78, 5) is 5.28. The minimum absolute atomic E-state index is 0. The third-order valence-electron chi connectivity index (χ3n) is 7.28. The Balaban J connectivity index is 0.00000104. The molecule has 0 bridgehead atoms. The number of hydrogen-bond donors (Lipinski definition) is 0. The second-order valence-corrected chi connectivity index (χ2v) is 12.4. The Morgan fingerprint density at radius 1 is 0.562 bits per heavy atom. The van der Waals surface area contributed by atoms with E-state index in [1.54, 1.807) is 42.3 Å². The number of pyridine rings is 1. The molecule has 5 aromatic rings. The van der Waals surface area contributed by atoms with Gasteiger partial charge in [-0.3, -0.25) is 4.98 Å². The van der Waals surface area contributed by atoms with Gasteiger partial charge in [0, 0.05) is 11.3 Å². The van der Waals surface area contributed by atoms with E-state index in [0.29, 0.717) is 11.8 Å². The molecule has 0 spiro atoms. The number of benzene rings is 4. The molecular weight excluding hydrogens is 753 g/mol. The quantitative estimate of drug-likeness (QED) is 0.151. The molecule has 48 heavy (non-hydrogen) atoms. The number of para-hydroxylation sites is 1. The number of rotatable bonds is 7. The molecule has 0 N–H and O–H groups in total. The molecule has 0 aliphatic carbocycles. The van der Waals surface area contributed by atoms with Crippen molar-refractivity contribution in [3.05, 3.63) is 152 Å². The van der Waals surface area contributed by atoms with Crippen LogP contribution in [0.25, 0.3) is 43.3 Å². The van der Waals surface area contributed by atoms with E-state index in [0.717, 1.165) is 22.6 Å². The van der Waals surface area contributed by atoms with Gasteiger partial charge in [-0.05, 0) is 54.6 Å². The summed E-state index contributed by atoms with van der Waals surface area (Å²) < 4.78 is 0. The van der Waals surface area contributed by atoms with Crippen molar-refractivity contribution in [1.29, 1.82) is 0 Å². The van der Waals surface area contributed by atoms with Crippen LogP contribution in [0.5, 0.6) is 0 Å². The second kappa shape index (κ2) is 22.5. The van der Waals surface area contributed by atoms with Crippen LogP contribution < -0.4 is 0 Å². The van der Waals surface area contributed by atoms with Crippen LogP contribution in [-0.2, 0) is 25.8 Å². The summed E-state index contributed by atoms with van der Waals surface area (Å²) in [6, 6.07) is 34.5. The summed E-state index contributed by atoms with van der Waals surface area (Å²) in [6.07, 6.45) is 0. The van der Waals surface area contributed by atoms with Crippen molar-refractivity contribution in [3.8, 4) is 11.3 Å². The topological polar surface area (TPSA) is 69.3 Å². The maximum Gasteiger partial charge on any atom is 4.00 e. The molecule has 1 unspecified atom stereocenters. The second-order valence-electron chi connectivity index (χ2n) is 12.4. The fourth-order valence-electron chi connectivity index (χ4n) is 5.47. The molecule has 0 aliphatic rings. The standard InChI is InChI=1S/C36H37N2.3C2H6N.Hf/c1-23(2)29-15-10-16-30(24(3)4)36(29)38-35(28-21-25(5)20-26(6)22-28)34-19-11-18-33(37-34)32-17-9-13-27-12-7-8-14-31(27)32;3*1-3-2;/h7-24,35H,1-6H3;3*1-2H3;/q4*-1;+4. The summed E-state index contributed by atoms with van der Waals surface area (Å²) in [5.74, 6) is 0.754. The Morgan fingerprint density at radius 3 is 1.58 bits per heavy atom. The van der Waals surface area contributed by atoms with Crippen molar-refractivity contribution in [3.63, 3.8) is 0 Å². The van der Waals surface area contributed by atoms with E-state index in [-0.39, 0.29) is 31.9 Å². The Hall–Kier alpha value is -3.16. The average molecular weight is 808 g/mol. The first kappa shape index (κ1) is 42.9. The first-order valence-corrected chi connectivity index (χ1v) is 16.4. The molecule has 1 heterocycles. The molecule has 5 nitrogen and oxygen atoms in total. The molecule has 0 aliphatic heterocycles. The third kappa shape index (κ3) is 12.4. The van der Waals surface area contributed by atoms with Crippen LogP contribution in [0.1, 0.15) is 79.1 Å². The number of aromatic nitrogens is 1. The fourth-order valence-corrected chi connectivity index (χ4v) is 5.47. The van der Waals surface area contributed by atoms with E-state index in [2.05, 4.69) is 155 Å². The van der Waals surface area contributed by atoms with E-state index >= 15 is 0 Å². The molecule has 0 saturated heterocycles. The zero-order valence-corrected chi connectivity index (χ0v) is 34.8. The smallest absolute Gasteiger partial charge is 0.673 e. The maximum atomic E-state index is 5.56. The van der Waals surface area contributed by atoms with Crippen LogP contribution in [0.15, 0.2) is 97.1 Å². The van der Waals surface area contributed by atoms with Gasteiger partial charge in [-0.2, -0.15) is 42.3 Å². The SMILES string of the molecule is C[N-]C.C[N-]C.C[N-]C.Cc1cc(C)cc(C([N-]c2c(C(C)C)cccc2C(C)C)c2cccc(-c3cccc4ccccc34)n2)c1.[Hf+4]. The van der Waals surface area contributed by atoms with Gasteiger partial charge >= 0.3 is 25.8 Å². The van der Waals surface area contributed by atoms with Crippen LogP contribution in [-0.4, -0.2) is 47.3 Å². The molecule has 252 valence electrons. The molecule has 6 heteroatoms. The number of hydrogen-bond acceptors (Lipinski definition) is 1. The number of fused-ring (bicyclic) bond motifs is 1. The van der Waals surface area contributed by atoms with Crippen LogP contribution in [0.2, 0.25) is 0 Å². The number of nitrogens with zero attached hydrogens (tertiary/aromatic N) is 5. The first-order chi connectivity index (χ1) is 22.6. The minimum atomic E-state index is -0.207. The van der Waals surface area contributed by atoms with E-state index in [9.17, 15) is 0 Å². The van der Waals surface area contributed by atoms with Crippen LogP contribution in [0, 0.1) is 13.8 Å². The Morgan fingerprint density at radius 2 is 1.04 bits per heavy atom. The van der Waals surface area contributed by atoms with E-state index < -0.39 is 0 Å². The number of aryl methyl sites for hydroxylation is 2. The summed E-state index contributed by atoms with van der Waals surface area (Å²) in [5, 5.41) is 18.5. The van der Waals surface area contributed by atoms with Crippen molar-refractivity contribution >= 4 is 16.5 Å². The van der Waals surface area contributed by atoms with Gasteiger partial charge in [-0.25, -0.2) is 0 Å². The molecule has 1 aromatic heterocycles. The summed E-state index contributed by atoms with van der Waals surface area (Å²) >= 11 is 0. The van der Waals surface area contributed by atoms with Crippen molar-refractivity contribution in [2.45, 2.75) is 59.4 Å². The van der Waals surface area contributed by atoms with E-state index in [1.807, 2.05) is 0 Å². The first-order valence-electron chi connectivity index (χ1n) is 16.4.